The summed E-state index contributed by atoms with van der Waals surface area (Å²) >= 11 is 30.6. The smallest absolute Gasteiger partial charge is 0.253 e. The molecular formula is C20H20Br2Cl3N3O4S. The van der Waals surface area contributed by atoms with Crippen LogP contribution in [0.25, 0.3) is 0 Å². The minimum absolute atomic E-state index is 0.124. The predicted molar refractivity (Wildman–Crippen MR) is 144 cm³/mol. The third kappa shape index (κ3) is 7.40. The van der Waals surface area contributed by atoms with Gasteiger partial charge in [-0.3, -0.25) is 4.79 Å². The van der Waals surface area contributed by atoms with E-state index in [1.165, 1.54) is 33.5 Å². The van der Waals surface area contributed by atoms with Gasteiger partial charge in [-0.25, -0.2) is 0 Å². The Morgan fingerprint density at radius 1 is 0.970 bits per heavy atom. The fourth-order valence-corrected chi connectivity index (χ4v) is 4.32. The Kier molecular flexibility index (Phi) is 10.2. The van der Waals surface area contributed by atoms with Crippen LogP contribution in [0.15, 0.2) is 33.2 Å². The Morgan fingerprint density at radius 3 is 2.03 bits per heavy atom. The number of thiocarbonyl (C=S) groups is 1. The molecule has 0 aliphatic carbocycles. The topological polar surface area (TPSA) is 80.9 Å². The summed E-state index contributed by atoms with van der Waals surface area (Å²) in [4.78, 5) is 13.0. The number of hydrogen-bond donors (Lipinski definition) is 3. The Balaban J connectivity index is 2.24. The molecule has 0 bridgehead atoms. The van der Waals surface area contributed by atoms with Gasteiger partial charge >= 0.3 is 0 Å². The number of carbonyl (C=O) groups excluding carboxylic acids is 1. The van der Waals surface area contributed by atoms with Crippen molar-refractivity contribution in [1.82, 2.24) is 10.6 Å². The molecule has 1 amide bonds. The van der Waals surface area contributed by atoms with E-state index in [-0.39, 0.29) is 10.7 Å². The zero-order valence-electron chi connectivity index (χ0n) is 17.8. The lowest BCUT2D eigenvalue weighted by atomic mass is 10.1. The normalized spacial score (nSPS) is 11.9. The predicted octanol–water partition coefficient (Wildman–Crippen LogP) is 5.96. The lowest BCUT2D eigenvalue weighted by Gasteiger charge is -2.28. The number of nitrogens with one attached hydrogen (secondary N) is 3. The van der Waals surface area contributed by atoms with Gasteiger partial charge in [0.2, 0.25) is 9.54 Å². The molecule has 1 atom stereocenters. The van der Waals surface area contributed by atoms with E-state index in [2.05, 4.69) is 47.8 Å². The molecule has 0 spiro atoms. The molecule has 0 saturated carbocycles. The molecule has 0 heterocycles. The van der Waals surface area contributed by atoms with Crippen LogP contribution < -0.4 is 30.2 Å². The highest BCUT2D eigenvalue weighted by Gasteiger charge is 2.35. The lowest BCUT2D eigenvalue weighted by Crippen LogP contribution is -2.56. The largest absolute Gasteiger partial charge is 0.493 e. The van der Waals surface area contributed by atoms with Crippen molar-refractivity contribution in [2.75, 3.05) is 26.6 Å². The molecule has 7 nitrogen and oxygen atoms in total. The number of ether oxygens (including phenoxy) is 3. The molecule has 0 unspecified atom stereocenters. The number of methoxy groups -OCH3 is 3. The molecule has 2 rings (SSSR count). The number of anilines is 1. The van der Waals surface area contributed by atoms with E-state index < -0.39 is 15.9 Å². The molecule has 0 aliphatic rings. The average molecular weight is 665 g/mol. The summed E-state index contributed by atoms with van der Waals surface area (Å²) in [6.45, 7) is 1.93. The number of amides is 1. The van der Waals surface area contributed by atoms with E-state index >= 15 is 0 Å². The number of aryl methyl sites for hydroxylation is 1. The van der Waals surface area contributed by atoms with Gasteiger partial charge < -0.3 is 30.2 Å². The van der Waals surface area contributed by atoms with Crippen molar-refractivity contribution in [2.24, 2.45) is 0 Å². The Morgan fingerprint density at radius 2 is 1.55 bits per heavy atom. The second-order valence-corrected chi connectivity index (χ2v) is 11.0. The summed E-state index contributed by atoms with van der Waals surface area (Å²) in [5, 5.41) is 8.58. The second-order valence-electron chi connectivity index (χ2n) is 6.54. The van der Waals surface area contributed by atoms with Crippen LogP contribution in [0.3, 0.4) is 0 Å². The molecular weight excluding hydrogens is 644 g/mol. The van der Waals surface area contributed by atoms with Gasteiger partial charge in [0, 0.05) is 14.5 Å². The quantitative estimate of drug-likeness (QED) is 0.192. The highest BCUT2D eigenvalue weighted by Crippen LogP contribution is 2.38. The van der Waals surface area contributed by atoms with E-state index in [0.29, 0.717) is 22.9 Å². The van der Waals surface area contributed by atoms with Gasteiger partial charge in [-0.05, 0) is 64.9 Å². The fourth-order valence-electron chi connectivity index (χ4n) is 2.67. The maximum Gasteiger partial charge on any atom is 0.253 e. The molecule has 3 N–H and O–H groups in total. The van der Waals surface area contributed by atoms with Crippen LogP contribution in [0, 0.1) is 6.92 Å². The van der Waals surface area contributed by atoms with Crippen LogP contribution in [-0.2, 0) is 0 Å². The van der Waals surface area contributed by atoms with Crippen molar-refractivity contribution in [3.63, 3.8) is 0 Å². The van der Waals surface area contributed by atoms with Crippen molar-refractivity contribution in [1.29, 1.82) is 0 Å². The molecule has 0 aliphatic heterocycles. The molecule has 0 aromatic heterocycles. The maximum atomic E-state index is 13.0. The maximum absolute atomic E-state index is 13.0. The molecule has 13 heteroatoms. The molecule has 0 fully saturated rings. The summed E-state index contributed by atoms with van der Waals surface area (Å²) in [6.07, 6.45) is -1.18. The summed E-state index contributed by atoms with van der Waals surface area (Å²) in [5.74, 6) is 0.371. The first kappa shape index (κ1) is 28.1. The highest BCUT2D eigenvalue weighted by molar-refractivity contribution is 9.11. The fraction of sp³-hybridized carbons (Fsp3) is 0.300. The third-order valence-electron chi connectivity index (χ3n) is 4.30. The minimum atomic E-state index is -1.94. The molecule has 180 valence electrons. The van der Waals surface area contributed by atoms with E-state index in [9.17, 15) is 4.79 Å². The van der Waals surface area contributed by atoms with Gasteiger partial charge in [-0.15, -0.1) is 0 Å². The first-order chi connectivity index (χ1) is 15.4. The Labute approximate surface area is 229 Å². The highest BCUT2D eigenvalue weighted by atomic mass is 79.9. The Hall–Kier alpha value is -1.17. The van der Waals surface area contributed by atoms with Crippen molar-refractivity contribution >= 4 is 95.6 Å². The molecule has 0 radical (unpaired) electrons. The number of rotatable bonds is 7. The molecule has 2 aromatic rings. The van der Waals surface area contributed by atoms with Crippen molar-refractivity contribution in [3.05, 3.63) is 44.3 Å². The van der Waals surface area contributed by atoms with E-state index in [1.54, 1.807) is 0 Å². The number of hydrogen-bond acceptors (Lipinski definition) is 5. The Bertz CT molecular complexity index is 1030. The van der Waals surface area contributed by atoms with Gasteiger partial charge in [0.05, 0.1) is 27.0 Å². The second kappa shape index (κ2) is 12.0. The first-order valence-electron chi connectivity index (χ1n) is 9.12. The average Bonchev–Trinajstić information content (AvgIpc) is 2.75. The number of benzene rings is 2. The SMILES string of the molecule is COc1cc(C(=O)N[C@H](NC(=S)Nc2cc(C)c(Br)cc2Br)C(Cl)(Cl)Cl)cc(OC)c1OC. The van der Waals surface area contributed by atoms with Crippen molar-refractivity contribution in [2.45, 2.75) is 16.9 Å². The van der Waals surface area contributed by atoms with Crippen LogP contribution in [-0.4, -0.2) is 42.3 Å². The summed E-state index contributed by atoms with van der Waals surface area (Å²) in [5.41, 5.74) is 1.86. The van der Waals surface area contributed by atoms with Crippen LogP contribution >= 0.6 is 78.9 Å². The molecule has 0 saturated heterocycles. The monoisotopic (exact) mass is 661 g/mol. The number of halogens is 5. The van der Waals surface area contributed by atoms with Gasteiger partial charge in [0.25, 0.3) is 5.91 Å². The van der Waals surface area contributed by atoms with Crippen molar-refractivity contribution < 1.29 is 19.0 Å². The van der Waals surface area contributed by atoms with Crippen LogP contribution in [0.1, 0.15) is 15.9 Å². The molecule has 33 heavy (non-hydrogen) atoms. The zero-order chi connectivity index (χ0) is 24.9. The van der Waals surface area contributed by atoms with Crippen molar-refractivity contribution in [3.8, 4) is 17.2 Å². The van der Waals surface area contributed by atoms with E-state index in [4.69, 9.17) is 61.2 Å². The standard InChI is InChI=1S/C20H20Br2Cl3N3O4S/c1-9-5-13(12(22)8-11(9)21)26-19(33)28-18(20(23,24)25)27-17(29)10-6-14(30-2)16(32-4)15(7-10)31-3/h5-8,18H,1-4H3,(H,27,29)(H2,26,28,33)/t18-/m1/s1. The summed E-state index contributed by atoms with van der Waals surface area (Å²) in [7, 11) is 4.34. The van der Waals surface area contributed by atoms with Gasteiger partial charge in [0.15, 0.2) is 16.6 Å². The third-order valence-corrected chi connectivity index (χ3v) is 6.69. The van der Waals surface area contributed by atoms with E-state index in [1.807, 2.05) is 19.1 Å². The van der Waals surface area contributed by atoms with Crippen LogP contribution in [0.4, 0.5) is 5.69 Å². The number of carbonyl (C=O) groups is 1. The number of alkyl halides is 3. The lowest BCUT2D eigenvalue weighted by molar-refractivity contribution is 0.0933. The van der Waals surface area contributed by atoms with Gasteiger partial charge in [-0.2, -0.15) is 0 Å². The van der Waals surface area contributed by atoms with Crippen LogP contribution in [0.5, 0.6) is 17.2 Å². The first-order valence-corrected chi connectivity index (χ1v) is 12.2. The zero-order valence-corrected chi connectivity index (χ0v) is 24.1. The van der Waals surface area contributed by atoms with Gasteiger partial charge in [0.1, 0.15) is 6.17 Å². The summed E-state index contributed by atoms with van der Waals surface area (Å²) in [6, 6.07) is 6.70. The van der Waals surface area contributed by atoms with Gasteiger partial charge in [-0.1, -0.05) is 50.7 Å². The van der Waals surface area contributed by atoms with Crippen LogP contribution in [0.2, 0.25) is 0 Å². The minimum Gasteiger partial charge on any atom is -0.493 e. The van der Waals surface area contributed by atoms with E-state index in [0.717, 1.165) is 14.5 Å². The molecule has 2 aromatic carbocycles. The summed E-state index contributed by atoms with van der Waals surface area (Å²) < 4.78 is 15.6.